The number of carbonyl (C=O) groups excluding carboxylic acids is 2. The van der Waals surface area contributed by atoms with Crippen LogP contribution in [-0.4, -0.2) is 25.5 Å². The van der Waals surface area contributed by atoms with E-state index in [0.29, 0.717) is 6.54 Å². The summed E-state index contributed by atoms with van der Waals surface area (Å²) in [6.45, 7) is 2.86. The zero-order chi connectivity index (χ0) is 11.5. The summed E-state index contributed by atoms with van der Waals surface area (Å²) in [4.78, 5) is 21.9. The molecule has 0 aromatic rings. The summed E-state index contributed by atoms with van der Waals surface area (Å²) in [5.74, 6) is -0.409. The van der Waals surface area contributed by atoms with E-state index in [-0.39, 0.29) is 24.7 Å². The van der Waals surface area contributed by atoms with Crippen molar-refractivity contribution in [2.75, 3.05) is 13.7 Å². The Morgan fingerprint density at radius 3 is 2.47 bits per heavy atom. The van der Waals surface area contributed by atoms with Crippen LogP contribution in [-0.2, 0) is 14.3 Å². The van der Waals surface area contributed by atoms with Crippen molar-refractivity contribution in [1.82, 2.24) is 5.32 Å². The third-order valence-electron chi connectivity index (χ3n) is 2.14. The fraction of sp³-hybridized carbons (Fsp3) is 0.818. The highest BCUT2D eigenvalue weighted by molar-refractivity contribution is 5.81. The smallest absolute Gasteiger partial charge is 0.306 e. The Labute approximate surface area is 91.4 Å². The highest BCUT2D eigenvalue weighted by atomic mass is 16.5. The average molecular weight is 215 g/mol. The Morgan fingerprint density at radius 1 is 1.13 bits per heavy atom. The van der Waals surface area contributed by atoms with Gasteiger partial charge in [-0.2, -0.15) is 0 Å². The van der Waals surface area contributed by atoms with E-state index >= 15 is 0 Å². The van der Waals surface area contributed by atoms with Gasteiger partial charge in [0.05, 0.1) is 13.5 Å². The Morgan fingerprint density at radius 2 is 1.87 bits per heavy atom. The molecule has 0 saturated heterocycles. The first kappa shape index (κ1) is 13.9. The molecule has 4 nitrogen and oxygen atoms in total. The summed E-state index contributed by atoms with van der Waals surface area (Å²) >= 11 is 0. The van der Waals surface area contributed by atoms with Crippen molar-refractivity contribution >= 4 is 11.9 Å². The fourth-order valence-electron chi connectivity index (χ4n) is 1.19. The molecule has 0 aromatic heterocycles. The van der Waals surface area contributed by atoms with Crippen LogP contribution in [0.1, 0.15) is 45.4 Å². The molecule has 0 aliphatic rings. The molecule has 0 radical (unpaired) electrons. The van der Waals surface area contributed by atoms with E-state index in [0.717, 1.165) is 12.8 Å². The maximum atomic E-state index is 11.2. The number of unbranched alkanes of at least 4 members (excludes halogenated alkanes) is 3. The molecule has 0 spiro atoms. The summed E-state index contributed by atoms with van der Waals surface area (Å²) < 4.78 is 4.44. The molecule has 88 valence electrons. The van der Waals surface area contributed by atoms with E-state index in [2.05, 4.69) is 17.0 Å². The zero-order valence-corrected chi connectivity index (χ0v) is 9.67. The molecule has 0 saturated carbocycles. The second-order valence-corrected chi connectivity index (χ2v) is 3.49. The van der Waals surface area contributed by atoms with Crippen molar-refractivity contribution in [3.8, 4) is 0 Å². The number of esters is 1. The third kappa shape index (κ3) is 9.25. The minimum absolute atomic E-state index is 0.0723. The molecule has 0 bridgehead atoms. The molecule has 0 heterocycles. The van der Waals surface area contributed by atoms with Gasteiger partial charge in [0.25, 0.3) is 0 Å². The molecule has 1 amide bonds. The van der Waals surface area contributed by atoms with Gasteiger partial charge in [-0.1, -0.05) is 26.2 Å². The summed E-state index contributed by atoms with van der Waals surface area (Å²) in [6, 6.07) is 0. The average Bonchev–Trinajstić information content (AvgIpc) is 2.25. The molecule has 0 aromatic carbocycles. The Balaban J connectivity index is 3.30. The normalized spacial score (nSPS) is 9.73. The van der Waals surface area contributed by atoms with Crippen LogP contribution in [0, 0.1) is 0 Å². The Kier molecular flexibility index (Phi) is 8.82. The number of rotatable bonds is 8. The van der Waals surface area contributed by atoms with Crippen LogP contribution >= 0.6 is 0 Å². The van der Waals surface area contributed by atoms with Gasteiger partial charge in [-0.3, -0.25) is 9.59 Å². The fourth-order valence-corrected chi connectivity index (χ4v) is 1.19. The van der Waals surface area contributed by atoms with Crippen LogP contribution in [0.25, 0.3) is 0 Å². The molecule has 0 rings (SSSR count). The second kappa shape index (κ2) is 9.49. The van der Waals surface area contributed by atoms with Crippen LogP contribution in [0.3, 0.4) is 0 Å². The van der Waals surface area contributed by atoms with Crippen LogP contribution < -0.4 is 5.32 Å². The number of nitrogens with one attached hydrogen (secondary N) is 1. The lowest BCUT2D eigenvalue weighted by Crippen LogP contribution is -2.24. The number of amides is 1. The summed E-state index contributed by atoms with van der Waals surface area (Å²) in [5.41, 5.74) is 0. The molecule has 15 heavy (non-hydrogen) atoms. The second-order valence-electron chi connectivity index (χ2n) is 3.49. The van der Waals surface area contributed by atoms with Crippen molar-refractivity contribution in [1.29, 1.82) is 0 Å². The summed E-state index contributed by atoms with van der Waals surface area (Å²) in [6.07, 6.45) is 4.94. The van der Waals surface area contributed by atoms with Crippen LogP contribution in [0.2, 0.25) is 0 Å². The molecule has 0 fully saturated rings. The molecular formula is C11H21NO3. The van der Waals surface area contributed by atoms with Crippen molar-refractivity contribution in [3.05, 3.63) is 0 Å². The first-order chi connectivity index (χ1) is 7.20. The van der Waals surface area contributed by atoms with Crippen LogP contribution in [0.5, 0.6) is 0 Å². The monoisotopic (exact) mass is 215 g/mol. The van der Waals surface area contributed by atoms with E-state index < -0.39 is 0 Å². The first-order valence-corrected chi connectivity index (χ1v) is 5.54. The Bertz CT molecular complexity index is 192. The van der Waals surface area contributed by atoms with Crippen molar-refractivity contribution in [2.45, 2.75) is 45.4 Å². The van der Waals surface area contributed by atoms with E-state index in [9.17, 15) is 9.59 Å². The van der Waals surface area contributed by atoms with Crippen LogP contribution in [0.15, 0.2) is 0 Å². The van der Waals surface area contributed by atoms with Crippen LogP contribution in [0.4, 0.5) is 0 Å². The molecule has 0 aliphatic carbocycles. The topological polar surface area (TPSA) is 55.4 Å². The number of hydrogen-bond donors (Lipinski definition) is 1. The maximum absolute atomic E-state index is 11.2. The molecular weight excluding hydrogens is 194 g/mol. The number of methoxy groups -OCH3 is 1. The largest absolute Gasteiger partial charge is 0.469 e. The first-order valence-electron chi connectivity index (χ1n) is 5.54. The van der Waals surface area contributed by atoms with Gasteiger partial charge in [-0.05, 0) is 6.42 Å². The molecule has 0 unspecified atom stereocenters. The summed E-state index contributed by atoms with van der Waals surface area (Å²) in [7, 11) is 1.32. The Hall–Kier alpha value is -1.06. The number of carbonyl (C=O) groups is 2. The standard InChI is InChI=1S/C11H21NO3/c1-3-4-5-6-9-12-10(13)7-8-11(14)15-2/h3-9H2,1-2H3,(H,12,13). The van der Waals surface area contributed by atoms with E-state index in [1.165, 1.54) is 20.0 Å². The van der Waals surface area contributed by atoms with Gasteiger partial charge in [0, 0.05) is 13.0 Å². The number of ether oxygens (including phenoxy) is 1. The van der Waals surface area contributed by atoms with Gasteiger partial charge in [0.2, 0.25) is 5.91 Å². The van der Waals surface area contributed by atoms with Gasteiger partial charge in [0.1, 0.15) is 0 Å². The minimum atomic E-state index is -0.337. The quantitative estimate of drug-likeness (QED) is 0.494. The molecule has 0 aliphatic heterocycles. The van der Waals surface area contributed by atoms with E-state index in [4.69, 9.17) is 0 Å². The highest BCUT2D eigenvalue weighted by Crippen LogP contribution is 1.97. The van der Waals surface area contributed by atoms with Gasteiger partial charge < -0.3 is 10.1 Å². The van der Waals surface area contributed by atoms with Gasteiger partial charge in [-0.25, -0.2) is 0 Å². The predicted molar refractivity (Wildman–Crippen MR) is 58.4 cm³/mol. The van der Waals surface area contributed by atoms with Gasteiger partial charge in [0.15, 0.2) is 0 Å². The van der Waals surface area contributed by atoms with Gasteiger partial charge >= 0.3 is 5.97 Å². The molecule has 4 heteroatoms. The maximum Gasteiger partial charge on any atom is 0.306 e. The highest BCUT2D eigenvalue weighted by Gasteiger charge is 2.05. The van der Waals surface area contributed by atoms with Crippen molar-refractivity contribution in [2.24, 2.45) is 0 Å². The van der Waals surface area contributed by atoms with E-state index in [1.54, 1.807) is 0 Å². The lowest BCUT2D eigenvalue weighted by Gasteiger charge is -2.04. The lowest BCUT2D eigenvalue weighted by molar-refractivity contribution is -0.142. The number of hydrogen-bond acceptors (Lipinski definition) is 3. The minimum Gasteiger partial charge on any atom is -0.469 e. The van der Waals surface area contributed by atoms with E-state index in [1.807, 2.05) is 0 Å². The predicted octanol–water partition coefficient (Wildman–Crippen LogP) is 1.64. The molecule has 1 N–H and O–H groups in total. The lowest BCUT2D eigenvalue weighted by atomic mass is 10.2. The van der Waals surface area contributed by atoms with Crippen molar-refractivity contribution in [3.63, 3.8) is 0 Å². The third-order valence-corrected chi connectivity index (χ3v) is 2.14. The molecule has 0 atom stereocenters. The zero-order valence-electron chi connectivity index (χ0n) is 9.67. The SMILES string of the molecule is CCCCCCNC(=O)CCC(=O)OC. The van der Waals surface area contributed by atoms with Crippen molar-refractivity contribution < 1.29 is 14.3 Å². The summed E-state index contributed by atoms with van der Waals surface area (Å²) in [5, 5.41) is 2.77. The van der Waals surface area contributed by atoms with Gasteiger partial charge in [-0.15, -0.1) is 0 Å².